The second kappa shape index (κ2) is 5.68. The van der Waals surface area contributed by atoms with Gasteiger partial charge < -0.3 is 9.26 Å². The molecule has 0 amide bonds. The molecule has 0 fully saturated rings. The van der Waals surface area contributed by atoms with Crippen LogP contribution in [0.15, 0.2) is 22.7 Å². The lowest BCUT2D eigenvalue weighted by atomic mass is 10.1. The van der Waals surface area contributed by atoms with Crippen LogP contribution >= 0.6 is 22.6 Å². The highest BCUT2D eigenvalue weighted by Gasteiger charge is 2.24. The summed E-state index contributed by atoms with van der Waals surface area (Å²) in [5.41, 5.74) is 0.562. The van der Waals surface area contributed by atoms with Crippen LogP contribution in [0.3, 0.4) is 0 Å². The van der Waals surface area contributed by atoms with Crippen LogP contribution in [0.1, 0.15) is 23.0 Å². The fraction of sp³-hybridized carbons (Fsp3) is 0.231. The molecule has 0 spiro atoms. The number of hydrogen-bond acceptors (Lipinski definition) is 4. The Morgan fingerprint density at radius 1 is 1.53 bits per heavy atom. The van der Waals surface area contributed by atoms with Crippen molar-refractivity contribution >= 4 is 28.6 Å². The number of carbonyl (C=O) groups is 1. The number of nitrogens with zero attached hydrogens (tertiary/aromatic N) is 1. The highest BCUT2D eigenvalue weighted by molar-refractivity contribution is 14.1. The average molecular weight is 375 g/mol. The fourth-order valence-corrected chi connectivity index (χ4v) is 2.13. The Kier molecular flexibility index (Phi) is 4.18. The van der Waals surface area contributed by atoms with Gasteiger partial charge in [0.1, 0.15) is 22.8 Å². The highest BCUT2D eigenvalue weighted by Crippen LogP contribution is 2.29. The van der Waals surface area contributed by atoms with E-state index >= 15 is 0 Å². The minimum atomic E-state index is -0.561. The Morgan fingerprint density at radius 2 is 2.26 bits per heavy atom. The van der Waals surface area contributed by atoms with Crippen LogP contribution in [0, 0.1) is 16.3 Å². The van der Waals surface area contributed by atoms with E-state index in [1.54, 1.807) is 26.0 Å². The van der Waals surface area contributed by atoms with Crippen molar-refractivity contribution in [2.45, 2.75) is 13.8 Å². The number of aromatic nitrogens is 1. The van der Waals surface area contributed by atoms with Crippen molar-refractivity contribution in [1.29, 1.82) is 0 Å². The van der Waals surface area contributed by atoms with E-state index in [1.807, 2.05) is 22.6 Å². The SMILES string of the molecule is CCOC(=O)c1c(-c2ccc(I)cc2F)noc1C. The Balaban J connectivity index is 2.54. The number of aryl methyl sites for hydroxylation is 1. The number of halogens is 2. The van der Waals surface area contributed by atoms with E-state index in [-0.39, 0.29) is 23.4 Å². The summed E-state index contributed by atoms with van der Waals surface area (Å²) in [6.45, 7) is 3.53. The van der Waals surface area contributed by atoms with Gasteiger partial charge in [0.05, 0.1) is 6.61 Å². The van der Waals surface area contributed by atoms with Crippen LogP contribution in [0.5, 0.6) is 0 Å². The van der Waals surface area contributed by atoms with E-state index in [4.69, 9.17) is 9.26 Å². The third kappa shape index (κ3) is 2.78. The average Bonchev–Trinajstić information content (AvgIpc) is 2.71. The minimum absolute atomic E-state index is 0.168. The number of esters is 1. The first kappa shape index (κ1) is 14.0. The van der Waals surface area contributed by atoms with Crippen molar-refractivity contribution in [3.8, 4) is 11.3 Å². The number of benzene rings is 1. The van der Waals surface area contributed by atoms with Crippen LogP contribution in [0.25, 0.3) is 11.3 Å². The first-order chi connectivity index (χ1) is 9.04. The van der Waals surface area contributed by atoms with E-state index in [0.717, 1.165) is 3.57 Å². The van der Waals surface area contributed by atoms with Crippen molar-refractivity contribution in [3.63, 3.8) is 0 Å². The predicted molar refractivity (Wildman–Crippen MR) is 75.3 cm³/mol. The van der Waals surface area contributed by atoms with Crippen LogP contribution in [0.2, 0.25) is 0 Å². The maximum atomic E-state index is 13.9. The molecule has 1 aromatic heterocycles. The Morgan fingerprint density at radius 3 is 2.89 bits per heavy atom. The summed E-state index contributed by atoms with van der Waals surface area (Å²) < 4.78 is 24.6. The first-order valence-electron chi connectivity index (χ1n) is 5.63. The molecule has 0 aliphatic carbocycles. The largest absolute Gasteiger partial charge is 0.462 e. The van der Waals surface area contributed by atoms with E-state index in [1.165, 1.54) is 6.07 Å². The lowest BCUT2D eigenvalue weighted by molar-refractivity contribution is 0.0525. The van der Waals surface area contributed by atoms with Crippen molar-refractivity contribution in [2.75, 3.05) is 6.61 Å². The van der Waals surface area contributed by atoms with Gasteiger partial charge in [0.2, 0.25) is 0 Å². The normalized spacial score (nSPS) is 10.5. The third-order valence-corrected chi connectivity index (χ3v) is 3.20. The summed E-state index contributed by atoms with van der Waals surface area (Å²) in [4.78, 5) is 11.9. The summed E-state index contributed by atoms with van der Waals surface area (Å²) in [7, 11) is 0. The molecule has 1 aromatic carbocycles. The minimum Gasteiger partial charge on any atom is -0.462 e. The van der Waals surface area contributed by atoms with Crippen LogP contribution < -0.4 is 0 Å². The van der Waals surface area contributed by atoms with Gasteiger partial charge in [0, 0.05) is 9.13 Å². The Bertz CT molecular complexity index is 624. The predicted octanol–water partition coefficient (Wildman–Crippen LogP) is 3.57. The van der Waals surface area contributed by atoms with Gasteiger partial charge >= 0.3 is 5.97 Å². The van der Waals surface area contributed by atoms with Crippen molar-refractivity contribution in [1.82, 2.24) is 5.16 Å². The van der Waals surface area contributed by atoms with E-state index < -0.39 is 11.8 Å². The molecule has 0 N–H and O–H groups in total. The molecule has 0 aliphatic heterocycles. The molecule has 0 saturated carbocycles. The van der Waals surface area contributed by atoms with Gasteiger partial charge in [0.15, 0.2) is 0 Å². The van der Waals surface area contributed by atoms with E-state index in [9.17, 15) is 9.18 Å². The molecule has 2 aromatic rings. The second-order valence-corrected chi connectivity index (χ2v) is 5.05. The molecular weight excluding hydrogens is 364 g/mol. The lowest BCUT2D eigenvalue weighted by Gasteiger charge is -2.04. The van der Waals surface area contributed by atoms with E-state index in [0.29, 0.717) is 5.76 Å². The molecule has 0 atom stereocenters. The summed E-state index contributed by atoms with van der Waals surface area (Å²) >= 11 is 2.01. The maximum absolute atomic E-state index is 13.9. The molecule has 0 aliphatic rings. The molecule has 0 saturated heterocycles. The van der Waals surface area contributed by atoms with Gasteiger partial charge in [-0.25, -0.2) is 9.18 Å². The molecule has 0 bridgehead atoms. The summed E-state index contributed by atoms with van der Waals surface area (Å²) in [5.74, 6) is -0.702. The molecule has 0 radical (unpaired) electrons. The third-order valence-electron chi connectivity index (χ3n) is 2.53. The summed E-state index contributed by atoms with van der Waals surface area (Å²) in [6, 6.07) is 4.67. The van der Waals surface area contributed by atoms with Gasteiger partial charge in [-0.3, -0.25) is 0 Å². The van der Waals surface area contributed by atoms with Gasteiger partial charge in [-0.1, -0.05) is 5.16 Å². The molecule has 4 nitrogen and oxygen atoms in total. The number of hydrogen-bond donors (Lipinski definition) is 0. The molecule has 0 unspecified atom stereocenters. The number of ether oxygens (including phenoxy) is 1. The van der Waals surface area contributed by atoms with Crippen LogP contribution in [0.4, 0.5) is 4.39 Å². The second-order valence-electron chi connectivity index (χ2n) is 3.81. The Hall–Kier alpha value is -1.44. The topological polar surface area (TPSA) is 52.3 Å². The maximum Gasteiger partial charge on any atom is 0.344 e. The quantitative estimate of drug-likeness (QED) is 0.608. The van der Waals surface area contributed by atoms with Crippen molar-refractivity contribution in [3.05, 3.63) is 38.9 Å². The molecule has 2 rings (SSSR count). The standard InChI is InChI=1S/C13H11FINO3/c1-3-18-13(17)11-7(2)19-16-12(11)9-5-4-8(15)6-10(9)14/h4-6H,3H2,1-2H3. The molecular formula is C13H11FINO3. The van der Waals surface area contributed by atoms with Crippen molar-refractivity contribution in [2.24, 2.45) is 0 Å². The Labute approximate surface area is 123 Å². The molecule has 100 valence electrons. The molecule has 1 heterocycles. The summed E-state index contributed by atoms with van der Waals surface area (Å²) in [6.07, 6.45) is 0. The van der Waals surface area contributed by atoms with Gasteiger partial charge in [-0.2, -0.15) is 0 Å². The van der Waals surface area contributed by atoms with Gasteiger partial charge in [-0.15, -0.1) is 0 Å². The smallest absolute Gasteiger partial charge is 0.344 e. The number of carbonyl (C=O) groups excluding carboxylic acids is 1. The fourth-order valence-electron chi connectivity index (χ4n) is 1.68. The van der Waals surface area contributed by atoms with Crippen LogP contribution in [-0.4, -0.2) is 17.7 Å². The molecule has 19 heavy (non-hydrogen) atoms. The zero-order chi connectivity index (χ0) is 14.0. The highest BCUT2D eigenvalue weighted by atomic mass is 127. The molecule has 6 heteroatoms. The van der Waals surface area contributed by atoms with Crippen molar-refractivity contribution < 1.29 is 18.4 Å². The zero-order valence-corrected chi connectivity index (χ0v) is 12.5. The monoisotopic (exact) mass is 375 g/mol. The zero-order valence-electron chi connectivity index (χ0n) is 10.4. The first-order valence-corrected chi connectivity index (χ1v) is 6.71. The lowest BCUT2D eigenvalue weighted by Crippen LogP contribution is -2.07. The van der Waals surface area contributed by atoms with Gasteiger partial charge in [-0.05, 0) is 54.6 Å². The van der Waals surface area contributed by atoms with Gasteiger partial charge in [0.25, 0.3) is 0 Å². The number of rotatable bonds is 3. The summed E-state index contributed by atoms with van der Waals surface area (Å²) in [5, 5.41) is 3.76. The van der Waals surface area contributed by atoms with Crippen LogP contribution in [-0.2, 0) is 4.74 Å². The van der Waals surface area contributed by atoms with E-state index in [2.05, 4.69) is 5.16 Å².